The summed E-state index contributed by atoms with van der Waals surface area (Å²) >= 11 is 0. The maximum absolute atomic E-state index is 6.17. The van der Waals surface area contributed by atoms with E-state index in [4.69, 9.17) is 11.5 Å². The van der Waals surface area contributed by atoms with Crippen molar-refractivity contribution in [3.05, 3.63) is 107 Å². The van der Waals surface area contributed by atoms with E-state index in [1.54, 1.807) is 0 Å². The zero-order valence-electron chi connectivity index (χ0n) is 16.0. The monoisotopic (exact) mass is 346 g/mol. The summed E-state index contributed by atoms with van der Waals surface area (Å²) in [5.41, 5.74) is 18.1. The first-order valence-electron chi connectivity index (χ1n) is 9.14. The minimum atomic E-state index is 0.0870. The topological polar surface area (TPSA) is 52.0 Å². The second kappa shape index (κ2) is 9.91. The van der Waals surface area contributed by atoms with Crippen LogP contribution in [-0.2, 0) is 6.42 Å². The third kappa shape index (κ3) is 6.47. The molecule has 0 aromatic heterocycles. The van der Waals surface area contributed by atoms with E-state index in [9.17, 15) is 0 Å². The highest BCUT2D eigenvalue weighted by Gasteiger charge is 2.05. The summed E-state index contributed by atoms with van der Waals surface area (Å²) in [5, 5.41) is 0. The van der Waals surface area contributed by atoms with Gasteiger partial charge < -0.3 is 11.5 Å². The van der Waals surface area contributed by atoms with Crippen molar-refractivity contribution < 1.29 is 0 Å². The Kier molecular flexibility index (Phi) is 7.58. The molecule has 4 N–H and O–H groups in total. The summed E-state index contributed by atoms with van der Waals surface area (Å²) in [6.07, 6.45) is 0.893. The van der Waals surface area contributed by atoms with E-state index in [-0.39, 0.29) is 12.1 Å². The number of benzene rings is 3. The van der Waals surface area contributed by atoms with Gasteiger partial charge >= 0.3 is 0 Å². The second-order valence-electron chi connectivity index (χ2n) is 6.91. The molecule has 0 spiro atoms. The highest BCUT2D eigenvalue weighted by molar-refractivity contribution is 5.26. The molecule has 0 radical (unpaired) electrons. The lowest BCUT2D eigenvalue weighted by atomic mass is 9.99. The lowest BCUT2D eigenvalue weighted by molar-refractivity contribution is 0.722. The second-order valence-corrected chi connectivity index (χ2v) is 6.91. The summed E-state index contributed by atoms with van der Waals surface area (Å²) in [7, 11) is 0. The fraction of sp³-hybridized carbons (Fsp3) is 0.250. The SMILES string of the molecule is Cc1ccc(C(C)N)cc1.Cc1ccc(CC(N)c2ccccc2)cc1. The van der Waals surface area contributed by atoms with Gasteiger partial charge in [0.1, 0.15) is 0 Å². The number of nitrogens with two attached hydrogens (primary N) is 2. The zero-order valence-corrected chi connectivity index (χ0v) is 16.0. The largest absolute Gasteiger partial charge is 0.324 e. The van der Waals surface area contributed by atoms with Gasteiger partial charge in [0.2, 0.25) is 0 Å². The Morgan fingerprint density at radius 3 is 1.65 bits per heavy atom. The molecule has 0 bridgehead atoms. The van der Waals surface area contributed by atoms with Crippen molar-refractivity contribution in [3.63, 3.8) is 0 Å². The van der Waals surface area contributed by atoms with Gasteiger partial charge in [-0.1, -0.05) is 90.0 Å². The highest BCUT2D eigenvalue weighted by Crippen LogP contribution is 2.16. The number of aryl methyl sites for hydroxylation is 2. The molecule has 3 aromatic carbocycles. The first-order chi connectivity index (χ1) is 12.5. The van der Waals surface area contributed by atoms with Crippen LogP contribution in [0.3, 0.4) is 0 Å². The first kappa shape index (κ1) is 19.9. The molecular weight excluding hydrogens is 316 g/mol. The highest BCUT2D eigenvalue weighted by atomic mass is 14.6. The van der Waals surface area contributed by atoms with Crippen molar-refractivity contribution in [3.8, 4) is 0 Å². The van der Waals surface area contributed by atoms with Gasteiger partial charge in [-0.2, -0.15) is 0 Å². The third-order valence-electron chi connectivity index (χ3n) is 4.41. The number of rotatable bonds is 4. The van der Waals surface area contributed by atoms with Gasteiger partial charge in [-0.15, -0.1) is 0 Å². The van der Waals surface area contributed by atoms with Gasteiger partial charge in [0, 0.05) is 12.1 Å². The zero-order chi connectivity index (χ0) is 18.9. The van der Waals surface area contributed by atoms with Crippen LogP contribution in [0.1, 0.15) is 46.8 Å². The normalized spacial score (nSPS) is 12.7. The van der Waals surface area contributed by atoms with Gasteiger partial charge in [-0.3, -0.25) is 0 Å². The van der Waals surface area contributed by atoms with Crippen molar-refractivity contribution in [1.29, 1.82) is 0 Å². The Bertz CT molecular complexity index is 760. The summed E-state index contributed by atoms with van der Waals surface area (Å²) < 4.78 is 0. The predicted octanol–water partition coefficient (Wildman–Crippen LogP) is 5.25. The van der Waals surface area contributed by atoms with E-state index < -0.39 is 0 Å². The third-order valence-corrected chi connectivity index (χ3v) is 4.41. The van der Waals surface area contributed by atoms with E-state index in [1.807, 2.05) is 25.1 Å². The van der Waals surface area contributed by atoms with Crippen LogP contribution in [0.25, 0.3) is 0 Å². The van der Waals surface area contributed by atoms with E-state index in [0.717, 1.165) is 6.42 Å². The molecule has 2 atom stereocenters. The van der Waals surface area contributed by atoms with Crippen LogP contribution in [0.2, 0.25) is 0 Å². The quantitative estimate of drug-likeness (QED) is 0.677. The van der Waals surface area contributed by atoms with E-state index >= 15 is 0 Å². The molecule has 2 heteroatoms. The molecule has 0 aliphatic rings. The number of hydrogen-bond acceptors (Lipinski definition) is 2. The minimum absolute atomic E-state index is 0.0870. The fourth-order valence-corrected chi connectivity index (χ4v) is 2.67. The molecule has 3 aromatic rings. The smallest absolute Gasteiger partial charge is 0.0335 e. The predicted molar refractivity (Wildman–Crippen MR) is 112 cm³/mol. The van der Waals surface area contributed by atoms with Gasteiger partial charge in [0.25, 0.3) is 0 Å². The Hall–Kier alpha value is -2.42. The van der Waals surface area contributed by atoms with Gasteiger partial charge in [0.05, 0.1) is 0 Å². The van der Waals surface area contributed by atoms with Crippen LogP contribution in [0.4, 0.5) is 0 Å². The molecule has 0 fully saturated rings. The summed E-state index contributed by atoms with van der Waals surface area (Å²) in [6.45, 7) is 6.16. The van der Waals surface area contributed by atoms with Gasteiger partial charge in [0.15, 0.2) is 0 Å². The molecule has 0 heterocycles. The first-order valence-corrected chi connectivity index (χ1v) is 9.14. The van der Waals surface area contributed by atoms with Crippen LogP contribution < -0.4 is 11.5 Å². The Labute approximate surface area is 157 Å². The standard InChI is InChI=1S/C15H17N.C9H13N/c1-12-7-9-13(10-8-12)11-15(16)14-5-3-2-4-6-14;1-7-3-5-9(6-4-7)8(2)10/h2-10,15H,11,16H2,1H3;3-6,8H,10H2,1-2H3. The molecule has 0 aliphatic carbocycles. The average molecular weight is 347 g/mol. The molecule has 136 valence electrons. The van der Waals surface area contributed by atoms with Crippen LogP contribution >= 0.6 is 0 Å². The molecule has 0 saturated heterocycles. The van der Waals surface area contributed by atoms with E-state index in [0.29, 0.717) is 0 Å². The summed E-state index contributed by atoms with van der Waals surface area (Å²) in [5.74, 6) is 0. The summed E-state index contributed by atoms with van der Waals surface area (Å²) in [4.78, 5) is 0. The molecule has 26 heavy (non-hydrogen) atoms. The van der Waals surface area contributed by atoms with Gasteiger partial charge in [-0.05, 0) is 43.9 Å². The van der Waals surface area contributed by atoms with Crippen molar-refractivity contribution in [2.24, 2.45) is 11.5 Å². The number of hydrogen-bond donors (Lipinski definition) is 2. The Morgan fingerprint density at radius 2 is 1.15 bits per heavy atom. The summed E-state index contributed by atoms with van der Waals surface area (Å²) in [6, 6.07) is 27.4. The average Bonchev–Trinajstić information content (AvgIpc) is 2.65. The van der Waals surface area contributed by atoms with Gasteiger partial charge in [-0.25, -0.2) is 0 Å². The maximum atomic E-state index is 6.17. The molecule has 0 amide bonds. The maximum Gasteiger partial charge on any atom is 0.0335 e. The van der Waals surface area contributed by atoms with Crippen LogP contribution in [0.5, 0.6) is 0 Å². The molecule has 3 rings (SSSR count). The van der Waals surface area contributed by atoms with Crippen molar-refractivity contribution in [2.75, 3.05) is 0 Å². The minimum Gasteiger partial charge on any atom is -0.324 e. The fourth-order valence-electron chi connectivity index (χ4n) is 2.67. The Morgan fingerprint density at radius 1 is 0.654 bits per heavy atom. The Balaban J connectivity index is 0.000000209. The van der Waals surface area contributed by atoms with Crippen molar-refractivity contribution in [1.82, 2.24) is 0 Å². The van der Waals surface area contributed by atoms with Crippen molar-refractivity contribution >= 4 is 0 Å². The van der Waals surface area contributed by atoms with Crippen molar-refractivity contribution in [2.45, 2.75) is 39.3 Å². The molecule has 2 nitrogen and oxygen atoms in total. The molecule has 0 saturated carbocycles. The molecule has 2 unspecified atom stereocenters. The molecule has 0 aliphatic heterocycles. The lowest BCUT2D eigenvalue weighted by Crippen LogP contribution is -2.13. The van der Waals surface area contributed by atoms with E-state index in [1.165, 1.54) is 27.8 Å². The van der Waals surface area contributed by atoms with Crippen LogP contribution in [0.15, 0.2) is 78.9 Å². The van der Waals surface area contributed by atoms with Crippen LogP contribution in [0, 0.1) is 13.8 Å². The molecular formula is C24H30N2. The van der Waals surface area contributed by atoms with E-state index in [2.05, 4.69) is 74.5 Å². The lowest BCUT2D eigenvalue weighted by Gasteiger charge is -2.12. The van der Waals surface area contributed by atoms with Crippen LogP contribution in [-0.4, -0.2) is 0 Å².